The van der Waals surface area contributed by atoms with E-state index in [2.05, 4.69) is 6.92 Å². The van der Waals surface area contributed by atoms with E-state index in [1.165, 1.54) is 0 Å². The van der Waals surface area contributed by atoms with E-state index in [1.54, 1.807) is 0 Å². The molecule has 1 saturated heterocycles. The fourth-order valence-corrected chi connectivity index (χ4v) is 3.13. The Hall–Kier alpha value is -0.870. The van der Waals surface area contributed by atoms with Gasteiger partial charge in [0, 0.05) is 5.92 Å². The molecule has 4 nitrogen and oxygen atoms in total. The Kier molecular flexibility index (Phi) is 4.99. The van der Waals surface area contributed by atoms with Crippen molar-refractivity contribution < 1.29 is 19.7 Å². The molecule has 2 fully saturated rings. The van der Waals surface area contributed by atoms with Gasteiger partial charge in [-0.25, -0.2) is 0 Å². The molecule has 2 aliphatic rings. The van der Waals surface area contributed by atoms with Crippen LogP contribution in [0.2, 0.25) is 0 Å². The van der Waals surface area contributed by atoms with Crippen LogP contribution in [0.25, 0.3) is 0 Å². The predicted molar refractivity (Wildman–Crippen MR) is 71.4 cm³/mol. The Morgan fingerprint density at radius 3 is 3.00 bits per heavy atom. The predicted octanol–water partition coefficient (Wildman–Crippen LogP) is 1.80. The van der Waals surface area contributed by atoms with Gasteiger partial charge >= 0.3 is 5.97 Å². The maximum atomic E-state index is 11.3. The third-order valence-electron chi connectivity index (χ3n) is 4.22. The minimum absolute atomic E-state index is 0.0848. The van der Waals surface area contributed by atoms with Crippen molar-refractivity contribution in [1.29, 1.82) is 0 Å². The maximum absolute atomic E-state index is 11.3. The Morgan fingerprint density at radius 1 is 1.47 bits per heavy atom. The number of hydrogen-bond acceptors (Lipinski definition) is 4. The van der Waals surface area contributed by atoms with Gasteiger partial charge in [0.25, 0.3) is 0 Å². The molecule has 1 heterocycles. The van der Waals surface area contributed by atoms with Crippen LogP contribution >= 0.6 is 0 Å². The van der Waals surface area contributed by atoms with Crippen LogP contribution in [0.5, 0.6) is 0 Å². The molecule has 2 rings (SSSR count). The average Bonchev–Trinajstić information content (AvgIpc) is 2.87. The summed E-state index contributed by atoms with van der Waals surface area (Å²) in [6.07, 6.45) is 7.60. The topological polar surface area (TPSA) is 66.8 Å². The zero-order valence-corrected chi connectivity index (χ0v) is 11.5. The minimum atomic E-state index is -0.552. The largest absolute Gasteiger partial charge is 0.459 e. The van der Waals surface area contributed by atoms with Crippen LogP contribution < -0.4 is 0 Å². The van der Waals surface area contributed by atoms with E-state index in [1.807, 2.05) is 12.2 Å². The first kappa shape index (κ1) is 14.5. The summed E-state index contributed by atoms with van der Waals surface area (Å²) in [6.45, 7) is 2.14. The van der Waals surface area contributed by atoms with E-state index in [4.69, 9.17) is 4.74 Å². The van der Waals surface area contributed by atoms with Crippen LogP contribution in [0.15, 0.2) is 12.2 Å². The number of aliphatic hydroxyl groups excluding tert-OH is 2. The molecule has 108 valence electrons. The van der Waals surface area contributed by atoms with Crippen molar-refractivity contribution in [3.05, 3.63) is 12.2 Å². The van der Waals surface area contributed by atoms with Crippen LogP contribution in [-0.2, 0) is 9.53 Å². The molecular weight excluding hydrogens is 244 g/mol. The number of carbonyl (C=O) groups is 1. The van der Waals surface area contributed by atoms with Crippen LogP contribution in [-0.4, -0.2) is 34.5 Å². The first-order chi connectivity index (χ1) is 9.11. The van der Waals surface area contributed by atoms with Crippen LogP contribution in [0, 0.1) is 11.8 Å². The van der Waals surface area contributed by atoms with E-state index in [0.29, 0.717) is 12.8 Å². The highest BCUT2D eigenvalue weighted by Crippen LogP contribution is 2.42. The lowest BCUT2D eigenvalue weighted by atomic mass is 9.92. The minimum Gasteiger partial charge on any atom is -0.459 e. The third kappa shape index (κ3) is 3.57. The van der Waals surface area contributed by atoms with Crippen molar-refractivity contribution in [3.63, 3.8) is 0 Å². The Balaban J connectivity index is 1.83. The molecule has 0 unspecified atom stereocenters. The summed E-state index contributed by atoms with van der Waals surface area (Å²) in [5, 5.41) is 19.7. The number of rotatable bonds is 6. The van der Waals surface area contributed by atoms with Gasteiger partial charge in [0.1, 0.15) is 6.10 Å². The first-order valence-corrected chi connectivity index (χ1v) is 7.35. The normalized spacial score (nSPS) is 35.6. The lowest BCUT2D eigenvalue weighted by molar-refractivity contribution is -0.144. The number of carbonyl (C=O) groups excluding carboxylic acids is 1. The zero-order chi connectivity index (χ0) is 13.8. The highest BCUT2D eigenvalue weighted by atomic mass is 16.6. The number of fused-ring (bicyclic) bond motifs is 1. The van der Waals surface area contributed by atoms with Gasteiger partial charge in [-0.1, -0.05) is 38.3 Å². The quantitative estimate of drug-likeness (QED) is 0.438. The number of hydrogen-bond donors (Lipinski definition) is 2. The molecule has 0 bridgehead atoms. The lowest BCUT2D eigenvalue weighted by Crippen LogP contribution is -2.23. The molecule has 2 N–H and O–H groups in total. The molecule has 0 aromatic rings. The smallest absolute Gasteiger partial charge is 0.306 e. The fourth-order valence-electron chi connectivity index (χ4n) is 3.13. The van der Waals surface area contributed by atoms with Crippen molar-refractivity contribution in [1.82, 2.24) is 0 Å². The van der Waals surface area contributed by atoms with Crippen molar-refractivity contribution >= 4 is 5.97 Å². The summed E-state index contributed by atoms with van der Waals surface area (Å²) in [5.74, 6) is 0.0181. The number of ether oxygens (including phenoxy) is 1. The monoisotopic (exact) mass is 268 g/mol. The summed E-state index contributed by atoms with van der Waals surface area (Å²) in [6, 6.07) is 0. The number of unbranched alkanes of at least 4 members (excludes halogenated alkanes) is 2. The second kappa shape index (κ2) is 6.53. The van der Waals surface area contributed by atoms with Gasteiger partial charge in [-0.05, 0) is 18.8 Å². The van der Waals surface area contributed by atoms with E-state index in [-0.39, 0.29) is 23.9 Å². The Morgan fingerprint density at radius 2 is 2.26 bits per heavy atom. The van der Waals surface area contributed by atoms with Crippen molar-refractivity contribution in [2.45, 2.75) is 63.8 Å². The van der Waals surface area contributed by atoms with Gasteiger partial charge in [0.2, 0.25) is 0 Å². The maximum Gasteiger partial charge on any atom is 0.306 e. The molecule has 1 aliphatic carbocycles. The highest BCUT2D eigenvalue weighted by Gasteiger charge is 2.49. The van der Waals surface area contributed by atoms with Gasteiger partial charge in [-0.2, -0.15) is 0 Å². The SMILES string of the molecule is CCCCC[C@@H](O)C=C[C@@H]1C[C@@H](O)[C@H]2OC(=O)C[C@H]21. The van der Waals surface area contributed by atoms with Gasteiger partial charge in [0.05, 0.1) is 18.6 Å². The number of allylic oxidation sites excluding steroid dienone is 1. The zero-order valence-electron chi connectivity index (χ0n) is 11.5. The molecule has 4 heteroatoms. The van der Waals surface area contributed by atoms with Crippen molar-refractivity contribution in [2.75, 3.05) is 0 Å². The van der Waals surface area contributed by atoms with Crippen molar-refractivity contribution in [2.24, 2.45) is 11.8 Å². The molecule has 0 radical (unpaired) electrons. The second-order valence-corrected chi connectivity index (χ2v) is 5.74. The summed E-state index contributed by atoms with van der Waals surface area (Å²) in [5.41, 5.74) is 0. The molecule has 0 spiro atoms. The highest BCUT2D eigenvalue weighted by molar-refractivity contribution is 5.72. The summed E-state index contributed by atoms with van der Waals surface area (Å²) < 4.78 is 5.13. The van der Waals surface area contributed by atoms with Crippen LogP contribution in [0.3, 0.4) is 0 Å². The summed E-state index contributed by atoms with van der Waals surface area (Å²) in [4.78, 5) is 11.3. The van der Waals surface area contributed by atoms with Crippen molar-refractivity contribution in [3.8, 4) is 0 Å². The molecule has 0 aromatic carbocycles. The molecule has 19 heavy (non-hydrogen) atoms. The van der Waals surface area contributed by atoms with Gasteiger partial charge in [-0.15, -0.1) is 0 Å². The average molecular weight is 268 g/mol. The van der Waals surface area contributed by atoms with Gasteiger partial charge in [-0.3, -0.25) is 4.79 Å². The lowest BCUT2D eigenvalue weighted by Gasteiger charge is -2.12. The number of esters is 1. The van der Waals surface area contributed by atoms with Gasteiger partial charge < -0.3 is 14.9 Å². The number of aliphatic hydroxyl groups is 2. The van der Waals surface area contributed by atoms with Gasteiger partial charge in [0.15, 0.2) is 0 Å². The Labute approximate surface area is 114 Å². The summed E-state index contributed by atoms with van der Waals surface area (Å²) in [7, 11) is 0. The van der Waals surface area contributed by atoms with E-state index in [0.717, 1.165) is 25.7 Å². The Bertz CT molecular complexity index is 339. The molecule has 1 saturated carbocycles. The molecule has 1 aliphatic heterocycles. The van der Waals surface area contributed by atoms with E-state index >= 15 is 0 Å². The first-order valence-electron chi connectivity index (χ1n) is 7.35. The summed E-state index contributed by atoms with van der Waals surface area (Å²) >= 11 is 0. The molecule has 5 atom stereocenters. The fraction of sp³-hybridized carbons (Fsp3) is 0.800. The van der Waals surface area contributed by atoms with Crippen LogP contribution in [0.1, 0.15) is 45.4 Å². The van der Waals surface area contributed by atoms with E-state index < -0.39 is 12.2 Å². The van der Waals surface area contributed by atoms with Crippen LogP contribution in [0.4, 0.5) is 0 Å². The molecule has 0 amide bonds. The molecular formula is C15H24O4. The van der Waals surface area contributed by atoms with E-state index in [9.17, 15) is 15.0 Å². The molecule has 0 aromatic heterocycles. The second-order valence-electron chi connectivity index (χ2n) is 5.74. The standard InChI is InChI=1S/C15H24O4/c1-2-3-4-5-11(16)7-6-10-8-13(17)15-12(10)9-14(18)19-15/h6-7,10-13,15-17H,2-5,8-9H2,1H3/t10-,11-,12+,13-,15+/m1/s1. The third-order valence-corrected chi connectivity index (χ3v) is 4.22.